The number of nitrogens with one attached hydrogen (secondary N) is 1. The van der Waals surface area contributed by atoms with Crippen LogP contribution in [0.15, 0.2) is 47.6 Å². The number of hydrogen-bond acceptors (Lipinski definition) is 6. The topological polar surface area (TPSA) is 120 Å². The minimum Gasteiger partial charge on any atom is -0.480 e. The summed E-state index contributed by atoms with van der Waals surface area (Å²) in [6, 6.07) is 10.5. The Hall–Kier alpha value is -3.86. The van der Waals surface area contributed by atoms with E-state index in [4.69, 9.17) is 16.9 Å². The van der Waals surface area contributed by atoms with Crippen molar-refractivity contribution in [2.75, 3.05) is 12.3 Å². The van der Waals surface area contributed by atoms with E-state index in [2.05, 4.69) is 16.4 Å². The second-order valence-corrected chi connectivity index (χ2v) is 4.76. The number of para-hydroxylation sites is 1. The molecule has 0 bridgehead atoms. The second-order valence-electron chi connectivity index (χ2n) is 4.76. The Balaban J connectivity index is 2.19. The molecule has 25 heavy (non-hydrogen) atoms. The van der Waals surface area contributed by atoms with Crippen LogP contribution in [0.2, 0.25) is 0 Å². The fourth-order valence-corrected chi connectivity index (χ4v) is 1.93. The van der Waals surface area contributed by atoms with Crippen LogP contribution in [0.5, 0.6) is 5.75 Å². The molecule has 2 aromatic carbocycles. The quantitative estimate of drug-likeness (QED) is 0.274. The second kappa shape index (κ2) is 8.12. The van der Waals surface area contributed by atoms with Gasteiger partial charge in [0.2, 0.25) is 0 Å². The summed E-state index contributed by atoms with van der Waals surface area (Å²) in [6.07, 6.45) is 6.37. The minimum absolute atomic E-state index is 0.00837. The van der Waals surface area contributed by atoms with Crippen LogP contribution in [0.1, 0.15) is 15.9 Å². The standard InChI is InChI=1S/C17H14N4O4/c1-2-9-25-16-8-7-13(21(23)24)10-12(16)11-19-20-17(22)14-5-3-4-6-15(14)18/h1,3-8,10-11H,9,18H2,(H,20,22)/b19-11-. The van der Waals surface area contributed by atoms with Gasteiger partial charge in [0.25, 0.3) is 11.6 Å². The number of carbonyl (C=O) groups is 1. The largest absolute Gasteiger partial charge is 0.480 e. The van der Waals surface area contributed by atoms with Crippen LogP contribution in [0, 0.1) is 22.5 Å². The highest BCUT2D eigenvalue weighted by atomic mass is 16.6. The van der Waals surface area contributed by atoms with Crippen molar-refractivity contribution in [2.45, 2.75) is 0 Å². The Bertz CT molecular complexity index is 871. The summed E-state index contributed by atoms with van der Waals surface area (Å²) in [5.74, 6) is 2.10. The number of rotatable bonds is 6. The van der Waals surface area contributed by atoms with E-state index in [9.17, 15) is 14.9 Å². The zero-order valence-electron chi connectivity index (χ0n) is 13.0. The van der Waals surface area contributed by atoms with Gasteiger partial charge in [-0.15, -0.1) is 6.42 Å². The molecule has 0 aromatic heterocycles. The van der Waals surface area contributed by atoms with Crippen molar-refractivity contribution in [2.24, 2.45) is 5.10 Å². The Morgan fingerprint density at radius 2 is 2.16 bits per heavy atom. The summed E-state index contributed by atoms with van der Waals surface area (Å²) in [6.45, 7) is -0.00837. The zero-order valence-corrected chi connectivity index (χ0v) is 13.0. The number of nitrogen functional groups attached to an aromatic ring is 1. The van der Waals surface area contributed by atoms with Crippen molar-refractivity contribution in [3.63, 3.8) is 0 Å². The number of nitrogens with zero attached hydrogens (tertiary/aromatic N) is 2. The first-order chi connectivity index (χ1) is 12.0. The van der Waals surface area contributed by atoms with Crippen LogP contribution in [0.25, 0.3) is 0 Å². The lowest BCUT2D eigenvalue weighted by Crippen LogP contribution is -2.19. The molecule has 0 aliphatic heterocycles. The first-order valence-corrected chi connectivity index (χ1v) is 7.05. The van der Waals surface area contributed by atoms with E-state index in [1.807, 2.05) is 0 Å². The molecule has 0 heterocycles. The summed E-state index contributed by atoms with van der Waals surface area (Å²) in [4.78, 5) is 22.4. The van der Waals surface area contributed by atoms with E-state index < -0.39 is 10.8 Å². The summed E-state index contributed by atoms with van der Waals surface area (Å²) < 4.78 is 5.30. The number of amides is 1. The Kier molecular flexibility index (Phi) is 5.68. The molecule has 0 fully saturated rings. The molecule has 0 aliphatic rings. The van der Waals surface area contributed by atoms with Gasteiger partial charge in [0, 0.05) is 23.4 Å². The van der Waals surface area contributed by atoms with Gasteiger partial charge in [-0.2, -0.15) is 5.10 Å². The molecule has 0 aliphatic carbocycles. The molecular formula is C17H14N4O4. The van der Waals surface area contributed by atoms with Crippen molar-refractivity contribution in [1.29, 1.82) is 0 Å². The Morgan fingerprint density at radius 3 is 2.84 bits per heavy atom. The van der Waals surface area contributed by atoms with E-state index >= 15 is 0 Å². The third-order valence-electron chi connectivity index (χ3n) is 3.09. The monoisotopic (exact) mass is 338 g/mol. The molecule has 0 saturated carbocycles. The van der Waals surface area contributed by atoms with Crippen LogP contribution in [-0.4, -0.2) is 23.7 Å². The smallest absolute Gasteiger partial charge is 0.273 e. The molecule has 126 valence electrons. The predicted molar refractivity (Wildman–Crippen MR) is 93.3 cm³/mol. The van der Waals surface area contributed by atoms with Crippen LogP contribution >= 0.6 is 0 Å². The average Bonchev–Trinajstić information content (AvgIpc) is 2.60. The molecule has 8 nitrogen and oxygen atoms in total. The molecule has 0 radical (unpaired) electrons. The minimum atomic E-state index is -0.550. The van der Waals surface area contributed by atoms with Crippen LogP contribution in [0.3, 0.4) is 0 Å². The zero-order chi connectivity index (χ0) is 18.2. The maximum atomic E-state index is 12.0. The number of hydrogen-bond donors (Lipinski definition) is 2. The molecular weight excluding hydrogens is 324 g/mol. The maximum absolute atomic E-state index is 12.0. The summed E-state index contributed by atoms with van der Waals surface area (Å²) in [7, 11) is 0. The Labute approximate surface area is 143 Å². The van der Waals surface area contributed by atoms with Gasteiger partial charge in [0.1, 0.15) is 12.4 Å². The van der Waals surface area contributed by atoms with E-state index in [1.54, 1.807) is 24.3 Å². The highest BCUT2D eigenvalue weighted by Gasteiger charge is 2.11. The number of carbonyl (C=O) groups excluding carboxylic acids is 1. The average molecular weight is 338 g/mol. The van der Waals surface area contributed by atoms with Crippen molar-refractivity contribution in [3.05, 3.63) is 63.7 Å². The maximum Gasteiger partial charge on any atom is 0.273 e. The molecule has 0 saturated heterocycles. The van der Waals surface area contributed by atoms with E-state index in [0.717, 1.165) is 0 Å². The van der Waals surface area contributed by atoms with Crippen LogP contribution in [-0.2, 0) is 0 Å². The molecule has 2 rings (SSSR count). The molecule has 3 N–H and O–H groups in total. The van der Waals surface area contributed by atoms with Gasteiger partial charge < -0.3 is 10.5 Å². The van der Waals surface area contributed by atoms with Gasteiger partial charge in [-0.3, -0.25) is 14.9 Å². The summed E-state index contributed by atoms with van der Waals surface area (Å²) in [5, 5.41) is 14.7. The SMILES string of the molecule is C#CCOc1ccc([N+](=O)[O-])cc1/C=N\NC(=O)c1ccccc1N. The summed E-state index contributed by atoms with van der Waals surface area (Å²) in [5.41, 5.74) is 8.74. The number of benzene rings is 2. The van der Waals surface area contributed by atoms with Gasteiger partial charge in [-0.25, -0.2) is 5.43 Å². The van der Waals surface area contributed by atoms with E-state index in [1.165, 1.54) is 24.4 Å². The molecule has 1 amide bonds. The molecule has 8 heteroatoms. The number of nitrogens with two attached hydrogens (primary N) is 1. The molecule has 2 aromatic rings. The van der Waals surface area contributed by atoms with Gasteiger partial charge in [-0.05, 0) is 18.2 Å². The van der Waals surface area contributed by atoms with Crippen molar-refractivity contribution < 1.29 is 14.5 Å². The molecule has 0 spiro atoms. The van der Waals surface area contributed by atoms with Gasteiger partial charge >= 0.3 is 0 Å². The number of nitro groups is 1. The van der Waals surface area contributed by atoms with Crippen LogP contribution < -0.4 is 15.9 Å². The number of non-ortho nitro benzene ring substituents is 1. The van der Waals surface area contributed by atoms with Gasteiger partial charge in [0.15, 0.2) is 0 Å². The fourth-order valence-electron chi connectivity index (χ4n) is 1.93. The van der Waals surface area contributed by atoms with Gasteiger partial charge in [0.05, 0.1) is 16.7 Å². The Morgan fingerprint density at radius 1 is 1.40 bits per heavy atom. The first-order valence-electron chi connectivity index (χ1n) is 7.05. The highest BCUT2D eigenvalue weighted by Crippen LogP contribution is 2.22. The van der Waals surface area contributed by atoms with E-state index in [0.29, 0.717) is 17.0 Å². The first kappa shape index (κ1) is 17.5. The lowest BCUT2D eigenvalue weighted by atomic mass is 10.2. The highest BCUT2D eigenvalue weighted by molar-refractivity contribution is 5.99. The van der Waals surface area contributed by atoms with Crippen molar-refractivity contribution in [3.8, 4) is 18.1 Å². The normalized spacial score (nSPS) is 10.2. The molecule has 0 atom stereocenters. The third kappa shape index (κ3) is 4.56. The van der Waals surface area contributed by atoms with Crippen LogP contribution in [0.4, 0.5) is 11.4 Å². The number of hydrazone groups is 1. The van der Waals surface area contributed by atoms with Crippen molar-refractivity contribution >= 4 is 23.5 Å². The number of terminal acetylenes is 1. The fraction of sp³-hybridized carbons (Fsp3) is 0.0588. The number of ether oxygens (including phenoxy) is 1. The van der Waals surface area contributed by atoms with E-state index in [-0.39, 0.29) is 17.9 Å². The molecule has 0 unspecified atom stereocenters. The number of anilines is 1. The lowest BCUT2D eigenvalue weighted by Gasteiger charge is -2.06. The van der Waals surface area contributed by atoms with Crippen molar-refractivity contribution in [1.82, 2.24) is 5.43 Å². The lowest BCUT2D eigenvalue weighted by molar-refractivity contribution is -0.384. The van der Waals surface area contributed by atoms with Gasteiger partial charge in [-0.1, -0.05) is 18.1 Å². The predicted octanol–water partition coefficient (Wildman–Crippen LogP) is 1.95. The summed E-state index contributed by atoms with van der Waals surface area (Å²) >= 11 is 0. The third-order valence-corrected chi connectivity index (χ3v) is 3.09. The number of nitro benzene ring substituents is 1.